The summed E-state index contributed by atoms with van der Waals surface area (Å²) >= 11 is 0. The first-order valence-corrected chi connectivity index (χ1v) is 7.78. The molecule has 5 unspecified atom stereocenters. The Morgan fingerprint density at radius 1 is 1.33 bits per heavy atom. The first-order chi connectivity index (χ1) is 8.57. The molecule has 0 amide bonds. The van der Waals surface area contributed by atoms with E-state index in [1.165, 1.54) is 12.8 Å². The highest BCUT2D eigenvalue weighted by atomic mass is 16.6. The van der Waals surface area contributed by atoms with E-state index >= 15 is 0 Å². The highest BCUT2D eigenvalue weighted by Gasteiger charge is 2.72. The van der Waals surface area contributed by atoms with Crippen LogP contribution in [0.4, 0.5) is 0 Å². The van der Waals surface area contributed by atoms with Gasteiger partial charge in [0.15, 0.2) is 0 Å². The lowest BCUT2D eigenvalue weighted by Crippen LogP contribution is -2.42. The molecule has 0 spiro atoms. The Kier molecular flexibility index (Phi) is 2.76. The van der Waals surface area contributed by atoms with Gasteiger partial charge in [-0.15, -0.1) is 0 Å². The van der Waals surface area contributed by atoms with E-state index in [1.54, 1.807) is 0 Å². The predicted molar refractivity (Wildman–Crippen MR) is 70.9 cm³/mol. The molecular weight excluding hydrogens is 224 g/mol. The molecule has 7 atom stereocenters. The number of hydrogen-bond donors (Lipinski definition) is 0. The molecule has 0 bridgehead atoms. The Bertz CT molecular complexity index is 364. The van der Waals surface area contributed by atoms with Crippen LogP contribution in [0, 0.1) is 35.0 Å². The second-order valence-electron chi connectivity index (χ2n) is 6.87. The van der Waals surface area contributed by atoms with Crippen LogP contribution in [-0.2, 0) is 9.53 Å². The third-order valence-corrected chi connectivity index (χ3v) is 6.33. The number of cyclic esters (lactones) is 1. The molecule has 0 aromatic rings. The van der Waals surface area contributed by atoms with Crippen LogP contribution >= 0.6 is 0 Å². The zero-order chi connectivity index (χ0) is 13.1. The lowest BCUT2D eigenvalue weighted by molar-refractivity contribution is -0.144. The van der Waals surface area contributed by atoms with Crippen molar-refractivity contribution in [2.24, 2.45) is 35.0 Å². The van der Waals surface area contributed by atoms with Gasteiger partial charge in [-0.25, -0.2) is 0 Å². The van der Waals surface area contributed by atoms with Gasteiger partial charge in [0, 0.05) is 5.41 Å². The van der Waals surface area contributed by atoms with Crippen LogP contribution in [0.25, 0.3) is 0 Å². The highest BCUT2D eigenvalue weighted by molar-refractivity contribution is 5.77. The SMILES string of the molecule is CCCC1C2C(C)CC3C(=O)O[C@H](C)[C@@]3(CC)C12. The van der Waals surface area contributed by atoms with Crippen LogP contribution in [0.3, 0.4) is 0 Å². The van der Waals surface area contributed by atoms with Crippen LogP contribution in [0.1, 0.15) is 53.4 Å². The van der Waals surface area contributed by atoms with Gasteiger partial charge in [0.2, 0.25) is 0 Å². The summed E-state index contributed by atoms with van der Waals surface area (Å²) in [5.74, 6) is 3.50. The number of esters is 1. The maximum absolute atomic E-state index is 12.1. The molecule has 2 nitrogen and oxygen atoms in total. The number of carbonyl (C=O) groups is 1. The smallest absolute Gasteiger partial charge is 0.309 e. The topological polar surface area (TPSA) is 26.3 Å². The molecule has 2 heteroatoms. The van der Waals surface area contributed by atoms with Gasteiger partial charge in [0.1, 0.15) is 6.10 Å². The van der Waals surface area contributed by atoms with Crippen molar-refractivity contribution in [3.63, 3.8) is 0 Å². The number of ether oxygens (including phenoxy) is 1. The second-order valence-corrected chi connectivity index (χ2v) is 6.87. The van der Waals surface area contributed by atoms with Crippen LogP contribution in [-0.4, -0.2) is 12.1 Å². The summed E-state index contributed by atoms with van der Waals surface area (Å²) in [7, 11) is 0. The summed E-state index contributed by atoms with van der Waals surface area (Å²) in [5.41, 5.74) is 0.175. The van der Waals surface area contributed by atoms with Gasteiger partial charge in [-0.05, 0) is 43.4 Å². The molecule has 2 saturated carbocycles. The van der Waals surface area contributed by atoms with Crippen molar-refractivity contribution < 1.29 is 9.53 Å². The summed E-state index contributed by atoms with van der Waals surface area (Å²) in [4.78, 5) is 12.1. The van der Waals surface area contributed by atoms with E-state index in [1.807, 2.05) is 0 Å². The van der Waals surface area contributed by atoms with E-state index in [-0.39, 0.29) is 23.4 Å². The maximum Gasteiger partial charge on any atom is 0.309 e. The van der Waals surface area contributed by atoms with Crippen molar-refractivity contribution in [1.82, 2.24) is 0 Å². The molecule has 3 rings (SSSR count). The lowest BCUT2D eigenvalue weighted by atomic mass is 9.61. The molecule has 3 fully saturated rings. The largest absolute Gasteiger partial charge is 0.462 e. The van der Waals surface area contributed by atoms with Gasteiger partial charge in [-0.1, -0.05) is 33.6 Å². The Balaban J connectivity index is 1.95. The molecule has 1 aliphatic heterocycles. The van der Waals surface area contributed by atoms with Crippen LogP contribution in [0.5, 0.6) is 0 Å². The normalized spacial score (nSPS) is 53.7. The van der Waals surface area contributed by atoms with E-state index in [0.717, 1.165) is 30.6 Å². The quantitative estimate of drug-likeness (QED) is 0.715. The Morgan fingerprint density at radius 3 is 2.67 bits per heavy atom. The Morgan fingerprint density at radius 2 is 2.06 bits per heavy atom. The molecule has 0 aromatic heterocycles. The van der Waals surface area contributed by atoms with Crippen LogP contribution < -0.4 is 0 Å². The fourth-order valence-electron chi connectivity index (χ4n) is 5.62. The number of carbonyl (C=O) groups excluding carboxylic acids is 1. The summed E-state index contributed by atoms with van der Waals surface area (Å²) in [6.07, 6.45) is 4.94. The third kappa shape index (κ3) is 1.32. The molecule has 0 aromatic carbocycles. The van der Waals surface area contributed by atoms with E-state index in [0.29, 0.717) is 5.92 Å². The van der Waals surface area contributed by atoms with E-state index in [9.17, 15) is 4.79 Å². The maximum atomic E-state index is 12.1. The molecule has 102 valence electrons. The molecule has 18 heavy (non-hydrogen) atoms. The van der Waals surface area contributed by atoms with Gasteiger partial charge < -0.3 is 4.74 Å². The average Bonchev–Trinajstić information content (AvgIpc) is 2.99. The van der Waals surface area contributed by atoms with E-state index in [4.69, 9.17) is 4.74 Å². The Labute approximate surface area is 110 Å². The molecule has 1 heterocycles. The highest BCUT2D eigenvalue weighted by Crippen LogP contribution is 2.72. The second kappa shape index (κ2) is 3.98. The number of hydrogen-bond acceptors (Lipinski definition) is 2. The van der Waals surface area contributed by atoms with Gasteiger partial charge in [0.25, 0.3) is 0 Å². The summed E-state index contributed by atoms with van der Waals surface area (Å²) in [6.45, 7) is 9.03. The standard InChI is InChI=1S/C16H26O2/c1-5-7-11-13-9(3)8-12-15(17)18-10(4)16(12,6-2)14(11)13/h9-14H,5-8H2,1-4H3/t9?,10-,11?,12?,13?,14?,16-/m1/s1. The van der Waals surface area contributed by atoms with Crippen molar-refractivity contribution in [3.8, 4) is 0 Å². The van der Waals surface area contributed by atoms with Gasteiger partial charge >= 0.3 is 5.97 Å². The molecule has 1 saturated heterocycles. The predicted octanol–water partition coefficient (Wildman–Crippen LogP) is 3.65. The van der Waals surface area contributed by atoms with Crippen LogP contribution in [0.2, 0.25) is 0 Å². The number of fused-ring (bicyclic) bond motifs is 3. The zero-order valence-corrected chi connectivity index (χ0v) is 12.1. The first-order valence-electron chi connectivity index (χ1n) is 7.78. The minimum absolute atomic E-state index is 0.0943. The fourth-order valence-corrected chi connectivity index (χ4v) is 5.62. The van der Waals surface area contributed by atoms with Crippen molar-refractivity contribution >= 4 is 5.97 Å². The fraction of sp³-hybridized carbons (Fsp3) is 0.938. The molecule has 0 N–H and O–H groups in total. The van der Waals surface area contributed by atoms with Crippen molar-refractivity contribution in [2.45, 2.75) is 59.5 Å². The zero-order valence-electron chi connectivity index (χ0n) is 12.1. The van der Waals surface area contributed by atoms with Crippen molar-refractivity contribution in [1.29, 1.82) is 0 Å². The lowest BCUT2D eigenvalue weighted by Gasteiger charge is -2.40. The number of rotatable bonds is 3. The third-order valence-electron chi connectivity index (χ3n) is 6.33. The van der Waals surface area contributed by atoms with E-state index < -0.39 is 0 Å². The Hall–Kier alpha value is -0.530. The monoisotopic (exact) mass is 250 g/mol. The minimum atomic E-state index is 0.0943. The van der Waals surface area contributed by atoms with Gasteiger partial charge in [0.05, 0.1) is 5.92 Å². The summed E-state index contributed by atoms with van der Waals surface area (Å²) in [5, 5.41) is 0. The summed E-state index contributed by atoms with van der Waals surface area (Å²) < 4.78 is 5.64. The first kappa shape index (κ1) is 12.5. The van der Waals surface area contributed by atoms with Gasteiger partial charge in [-0.3, -0.25) is 4.79 Å². The molecule has 2 aliphatic carbocycles. The minimum Gasteiger partial charge on any atom is -0.462 e. The summed E-state index contributed by atoms with van der Waals surface area (Å²) in [6, 6.07) is 0. The van der Waals surface area contributed by atoms with Crippen LogP contribution in [0.15, 0.2) is 0 Å². The molecular formula is C16H26O2. The van der Waals surface area contributed by atoms with Crippen molar-refractivity contribution in [2.75, 3.05) is 0 Å². The average molecular weight is 250 g/mol. The molecule has 0 radical (unpaired) electrons. The van der Waals surface area contributed by atoms with Gasteiger partial charge in [-0.2, -0.15) is 0 Å². The molecule has 3 aliphatic rings. The van der Waals surface area contributed by atoms with Crippen molar-refractivity contribution in [3.05, 3.63) is 0 Å². The van der Waals surface area contributed by atoms with E-state index in [2.05, 4.69) is 27.7 Å².